The van der Waals surface area contributed by atoms with Crippen LogP contribution in [0.15, 0.2) is 41.7 Å². The number of nitrogens with two attached hydrogens (primary N) is 1. The molecule has 1 aromatic heterocycles. The smallest absolute Gasteiger partial charge is 0.189 e. The zero-order valence-electron chi connectivity index (χ0n) is 12.4. The van der Waals surface area contributed by atoms with Gasteiger partial charge in [-0.1, -0.05) is 24.6 Å². The van der Waals surface area contributed by atoms with Crippen LogP contribution >= 0.6 is 24.0 Å². The van der Waals surface area contributed by atoms with Crippen LogP contribution in [0.3, 0.4) is 0 Å². The number of guanidine groups is 1. The second-order valence-corrected chi connectivity index (χ2v) is 5.33. The minimum Gasteiger partial charge on any atom is -0.370 e. The van der Waals surface area contributed by atoms with Gasteiger partial charge in [-0.2, -0.15) is 0 Å². The van der Waals surface area contributed by atoms with Crippen molar-refractivity contribution in [1.29, 1.82) is 0 Å². The van der Waals surface area contributed by atoms with Gasteiger partial charge in [-0.05, 0) is 30.9 Å². The van der Waals surface area contributed by atoms with Crippen LogP contribution < -0.4 is 11.1 Å². The number of aliphatic imine (C=N–C) groups is 1. The van der Waals surface area contributed by atoms with Crippen molar-refractivity contribution in [3.8, 4) is 5.69 Å². The highest BCUT2D eigenvalue weighted by Gasteiger charge is 2.16. The predicted molar refractivity (Wildman–Crippen MR) is 97.4 cm³/mol. The van der Waals surface area contributed by atoms with Gasteiger partial charge in [-0.3, -0.25) is 4.57 Å². The SMILES string of the molecule is I.NC(=NCc1nncn1-c1ccccc1)NCC1CCC1. The molecule has 0 unspecified atom stereocenters. The zero-order chi connectivity index (χ0) is 14.5. The quantitative estimate of drug-likeness (QED) is 0.448. The number of hydrogen-bond acceptors (Lipinski definition) is 3. The summed E-state index contributed by atoms with van der Waals surface area (Å²) in [5.41, 5.74) is 6.91. The van der Waals surface area contributed by atoms with Crippen LogP contribution in [0.2, 0.25) is 0 Å². The van der Waals surface area contributed by atoms with Gasteiger partial charge in [0.25, 0.3) is 0 Å². The average molecular weight is 412 g/mol. The summed E-state index contributed by atoms with van der Waals surface area (Å²) >= 11 is 0. The second kappa shape index (κ2) is 8.11. The molecule has 1 aliphatic rings. The molecule has 1 heterocycles. The van der Waals surface area contributed by atoms with Crippen molar-refractivity contribution in [3.63, 3.8) is 0 Å². The lowest BCUT2D eigenvalue weighted by molar-refractivity contribution is 0.315. The molecule has 2 aromatic rings. The maximum Gasteiger partial charge on any atom is 0.189 e. The van der Waals surface area contributed by atoms with Gasteiger partial charge >= 0.3 is 0 Å². The van der Waals surface area contributed by atoms with E-state index in [9.17, 15) is 0 Å². The molecule has 0 radical (unpaired) electrons. The van der Waals surface area contributed by atoms with Crippen molar-refractivity contribution in [2.24, 2.45) is 16.6 Å². The van der Waals surface area contributed by atoms with Crippen LogP contribution in [-0.2, 0) is 6.54 Å². The molecular formula is C15H21IN6. The Morgan fingerprint density at radius 2 is 2.09 bits per heavy atom. The Labute approximate surface area is 147 Å². The fourth-order valence-corrected chi connectivity index (χ4v) is 2.33. The third-order valence-corrected chi connectivity index (χ3v) is 3.84. The van der Waals surface area contributed by atoms with Crippen LogP contribution in [0, 0.1) is 5.92 Å². The highest BCUT2D eigenvalue weighted by atomic mass is 127. The van der Waals surface area contributed by atoms with Crippen molar-refractivity contribution in [1.82, 2.24) is 20.1 Å². The second-order valence-electron chi connectivity index (χ2n) is 5.33. The molecule has 1 fully saturated rings. The van der Waals surface area contributed by atoms with Crippen molar-refractivity contribution < 1.29 is 0 Å². The van der Waals surface area contributed by atoms with Crippen molar-refractivity contribution in [2.75, 3.05) is 6.54 Å². The number of nitrogens with one attached hydrogen (secondary N) is 1. The summed E-state index contributed by atoms with van der Waals surface area (Å²) in [5, 5.41) is 11.2. The standard InChI is InChI=1S/C15H20N6.HI/c16-15(17-9-12-5-4-6-12)18-10-14-20-19-11-21(14)13-7-2-1-3-8-13;/h1-3,7-8,11-12H,4-6,9-10H2,(H3,16,17,18);1H. The maximum absolute atomic E-state index is 5.89. The van der Waals surface area contributed by atoms with Crippen LogP contribution in [0.25, 0.3) is 5.69 Å². The molecule has 0 spiro atoms. The number of para-hydroxylation sites is 1. The van der Waals surface area contributed by atoms with Crippen LogP contribution in [0.5, 0.6) is 0 Å². The Balaban J connectivity index is 0.00000176. The van der Waals surface area contributed by atoms with E-state index in [1.807, 2.05) is 34.9 Å². The summed E-state index contributed by atoms with van der Waals surface area (Å²) in [7, 11) is 0. The molecule has 1 aromatic carbocycles. The molecule has 1 aliphatic carbocycles. The molecule has 0 bridgehead atoms. The third-order valence-electron chi connectivity index (χ3n) is 3.84. The fraction of sp³-hybridized carbons (Fsp3) is 0.400. The fourth-order valence-electron chi connectivity index (χ4n) is 2.33. The summed E-state index contributed by atoms with van der Waals surface area (Å²) in [6.07, 6.45) is 5.62. The van der Waals surface area contributed by atoms with Gasteiger partial charge in [0.1, 0.15) is 12.9 Å². The van der Waals surface area contributed by atoms with Gasteiger partial charge in [0.05, 0.1) is 0 Å². The first-order valence-corrected chi connectivity index (χ1v) is 7.31. The van der Waals surface area contributed by atoms with Crippen molar-refractivity contribution >= 4 is 29.9 Å². The van der Waals surface area contributed by atoms with Crippen molar-refractivity contribution in [3.05, 3.63) is 42.5 Å². The van der Waals surface area contributed by atoms with Gasteiger partial charge in [-0.15, -0.1) is 34.2 Å². The van der Waals surface area contributed by atoms with Gasteiger partial charge in [0.15, 0.2) is 11.8 Å². The lowest BCUT2D eigenvalue weighted by atomic mass is 9.85. The van der Waals surface area contributed by atoms with E-state index >= 15 is 0 Å². The molecule has 22 heavy (non-hydrogen) atoms. The highest BCUT2D eigenvalue weighted by Crippen LogP contribution is 2.24. The van der Waals surface area contributed by atoms with E-state index in [0.29, 0.717) is 12.5 Å². The monoisotopic (exact) mass is 412 g/mol. The average Bonchev–Trinajstić information content (AvgIpc) is 2.93. The first-order chi connectivity index (χ1) is 10.3. The number of aromatic nitrogens is 3. The molecule has 3 rings (SSSR count). The molecule has 0 atom stereocenters. The summed E-state index contributed by atoms with van der Waals surface area (Å²) in [6.45, 7) is 1.33. The Bertz CT molecular complexity index is 606. The number of rotatable bonds is 5. The van der Waals surface area contributed by atoms with E-state index < -0.39 is 0 Å². The van der Waals surface area contributed by atoms with Gasteiger partial charge in [0, 0.05) is 12.2 Å². The molecule has 118 valence electrons. The van der Waals surface area contributed by atoms with E-state index in [1.165, 1.54) is 19.3 Å². The van der Waals surface area contributed by atoms with E-state index in [1.54, 1.807) is 6.33 Å². The molecule has 7 heteroatoms. The number of benzene rings is 1. The van der Waals surface area contributed by atoms with Crippen LogP contribution in [-0.4, -0.2) is 27.3 Å². The third kappa shape index (κ3) is 4.19. The first-order valence-electron chi connectivity index (χ1n) is 7.31. The van der Waals surface area contributed by atoms with E-state index in [0.717, 1.165) is 24.0 Å². The molecule has 0 aliphatic heterocycles. The zero-order valence-corrected chi connectivity index (χ0v) is 14.7. The molecular weight excluding hydrogens is 391 g/mol. The maximum atomic E-state index is 5.89. The summed E-state index contributed by atoms with van der Waals surface area (Å²) in [4.78, 5) is 4.34. The normalized spacial score (nSPS) is 15.0. The Hall–Kier alpha value is -1.64. The van der Waals surface area contributed by atoms with Gasteiger partial charge in [-0.25, -0.2) is 4.99 Å². The first kappa shape index (κ1) is 16.7. The summed E-state index contributed by atoms with van der Waals surface area (Å²) in [6, 6.07) is 9.96. The number of halogens is 1. The summed E-state index contributed by atoms with van der Waals surface area (Å²) in [5.74, 6) is 2.01. The minimum absolute atomic E-state index is 0. The van der Waals surface area contributed by atoms with E-state index in [4.69, 9.17) is 5.73 Å². The largest absolute Gasteiger partial charge is 0.370 e. The number of nitrogens with zero attached hydrogens (tertiary/aromatic N) is 4. The molecule has 3 N–H and O–H groups in total. The summed E-state index contributed by atoms with van der Waals surface area (Å²) < 4.78 is 1.92. The van der Waals surface area contributed by atoms with E-state index in [-0.39, 0.29) is 24.0 Å². The Morgan fingerprint density at radius 1 is 1.32 bits per heavy atom. The Morgan fingerprint density at radius 3 is 2.77 bits per heavy atom. The van der Waals surface area contributed by atoms with E-state index in [2.05, 4.69) is 20.5 Å². The molecule has 0 saturated heterocycles. The van der Waals surface area contributed by atoms with Crippen molar-refractivity contribution in [2.45, 2.75) is 25.8 Å². The highest BCUT2D eigenvalue weighted by molar-refractivity contribution is 14.0. The number of hydrogen-bond donors (Lipinski definition) is 2. The van der Waals surface area contributed by atoms with Crippen LogP contribution in [0.4, 0.5) is 0 Å². The topological polar surface area (TPSA) is 81.1 Å². The van der Waals surface area contributed by atoms with Gasteiger partial charge < -0.3 is 11.1 Å². The molecule has 1 saturated carbocycles. The van der Waals surface area contributed by atoms with Gasteiger partial charge in [0.2, 0.25) is 0 Å². The lowest BCUT2D eigenvalue weighted by Gasteiger charge is -2.25. The molecule has 0 amide bonds. The predicted octanol–water partition coefficient (Wildman–Crippen LogP) is 2.09. The Kier molecular flexibility index (Phi) is 6.17. The minimum atomic E-state index is 0. The lowest BCUT2D eigenvalue weighted by Crippen LogP contribution is -2.37. The molecule has 6 nitrogen and oxygen atoms in total. The van der Waals surface area contributed by atoms with Crippen LogP contribution in [0.1, 0.15) is 25.1 Å².